The number of rotatable bonds is 3. The molecule has 2 aliphatic heterocycles. The summed E-state index contributed by atoms with van der Waals surface area (Å²) in [6.45, 7) is 4.04. The summed E-state index contributed by atoms with van der Waals surface area (Å²) in [5.41, 5.74) is 2.72. The number of nitrogens with zero attached hydrogens (tertiary/aromatic N) is 5. The lowest BCUT2D eigenvalue weighted by molar-refractivity contribution is -0.131. The molecule has 0 bridgehead atoms. The van der Waals surface area contributed by atoms with Gasteiger partial charge in [0.05, 0.1) is 0 Å². The molecule has 4 heterocycles. The van der Waals surface area contributed by atoms with Crippen LogP contribution in [0.4, 0.5) is 0 Å². The molecular formula is C22H27N5O3. The van der Waals surface area contributed by atoms with Crippen LogP contribution in [0.15, 0.2) is 29.6 Å². The number of amides is 2. The first kappa shape index (κ1) is 20.3. The molecule has 30 heavy (non-hydrogen) atoms. The van der Waals surface area contributed by atoms with Crippen LogP contribution in [-0.2, 0) is 24.8 Å². The zero-order valence-corrected chi connectivity index (χ0v) is 17.5. The average Bonchev–Trinajstić information content (AvgIpc) is 2.79. The number of hydrogen-bond acceptors (Lipinski definition) is 5. The van der Waals surface area contributed by atoms with Crippen molar-refractivity contribution >= 4 is 11.8 Å². The maximum absolute atomic E-state index is 13.4. The quantitative estimate of drug-likeness (QED) is 0.766. The first-order chi connectivity index (χ1) is 14.5. The number of aryl methyl sites for hydroxylation is 1. The minimum atomic E-state index is -0.257. The molecule has 2 aromatic heterocycles. The number of aromatic nitrogens is 3. The van der Waals surface area contributed by atoms with E-state index in [9.17, 15) is 14.4 Å². The molecule has 4 rings (SSSR count). The number of carbonyl (C=O) groups excluding carboxylic acids is 2. The monoisotopic (exact) mass is 409 g/mol. The molecule has 0 spiro atoms. The zero-order chi connectivity index (χ0) is 21.3. The lowest BCUT2D eigenvalue weighted by atomic mass is 9.91. The molecule has 0 N–H and O–H groups in total. The smallest absolute Gasteiger partial charge is 0.263 e. The first-order valence-electron chi connectivity index (χ1n) is 10.5. The second-order valence-electron chi connectivity index (χ2n) is 8.04. The van der Waals surface area contributed by atoms with E-state index in [1.807, 2.05) is 13.0 Å². The van der Waals surface area contributed by atoms with Crippen molar-refractivity contribution in [3.05, 3.63) is 57.5 Å². The third kappa shape index (κ3) is 3.74. The molecule has 158 valence electrons. The minimum absolute atomic E-state index is 0.0918. The molecule has 2 aliphatic rings. The van der Waals surface area contributed by atoms with E-state index in [4.69, 9.17) is 0 Å². The van der Waals surface area contributed by atoms with E-state index in [0.717, 1.165) is 29.7 Å². The van der Waals surface area contributed by atoms with E-state index in [-0.39, 0.29) is 22.9 Å². The van der Waals surface area contributed by atoms with Crippen molar-refractivity contribution in [1.82, 2.24) is 24.3 Å². The summed E-state index contributed by atoms with van der Waals surface area (Å²) < 4.78 is 1.47. The van der Waals surface area contributed by atoms with Crippen LogP contribution in [0.3, 0.4) is 0 Å². The van der Waals surface area contributed by atoms with Gasteiger partial charge in [-0.05, 0) is 36.5 Å². The van der Waals surface area contributed by atoms with Crippen LogP contribution in [0.5, 0.6) is 0 Å². The highest BCUT2D eigenvalue weighted by Gasteiger charge is 2.31. The standard InChI is InChI=1S/C22H27N5O3/c1-3-19(28)27-11-7-17-16(13-27)12-25(2)21(29)20(17)22(30)26-9-5-15(6-10-26)18-4-8-23-14-24-18/h4,8,12,14-15H,3,5-7,9-11,13H2,1-2H3. The van der Waals surface area contributed by atoms with Crippen molar-refractivity contribution in [2.75, 3.05) is 19.6 Å². The third-order valence-electron chi connectivity index (χ3n) is 6.24. The summed E-state index contributed by atoms with van der Waals surface area (Å²) >= 11 is 0. The highest BCUT2D eigenvalue weighted by atomic mass is 16.2. The maximum Gasteiger partial charge on any atom is 0.263 e. The van der Waals surface area contributed by atoms with Crippen LogP contribution >= 0.6 is 0 Å². The Balaban J connectivity index is 1.56. The van der Waals surface area contributed by atoms with Crippen LogP contribution in [0.1, 0.15) is 59.3 Å². The molecule has 1 saturated heterocycles. The molecule has 8 nitrogen and oxygen atoms in total. The molecule has 0 radical (unpaired) electrons. The van der Waals surface area contributed by atoms with Gasteiger partial charge in [0.1, 0.15) is 11.9 Å². The number of pyridine rings is 1. The normalized spacial score (nSPS) is 17.0. The molecule has 8 heteroatoms. The van der Waals surface area contributed by atoms with Gasteiger partial charge in [-0.3, -0.25) is 14.4 Å². The maximum atomic E-state index is 13.4. The highest BCUT2D eigenvalue weighted by molar-refractivity contribution is 5.96. The van der Waals surface area contributed by atoms with Gasteiger partial charge >= 0.3 is 0 Å². The molecule has 2 amide bonds. The first-order valence-corrected chi connectivity index (χ1v) is 10.5. The van der Waals surface area contributed by atoms with E-state index in [2.05, 4.69) is 9.97 Å². The van der Waals surface area contributed by atoms with Crippen molar-refractivity contribution in [2.45, 2.75) is 45.1 Å². The molecule has 1 fully saturated rings. The van der Waals surface area contributed by atoms with Crippen LogP contribution in [0.2, 0.25) is 0 Å². The van der Waals surface area contributed by atoms with Crippen molar-refractivity contribution in [3.63, 3.8) is 0 Å². The average molecular weight is 409 g/mol. The summed E-state index contributed by atoms with van der Waals surface area (Å²) in [4.78, 5) is 50.3. The van der Waals surface area contributed by atoms with Gasteiger partial charge in [-0.25, -0.2) is 9.97 Å². The Bertz CT molecular complexity index is 1010. The molecule has 0 atom stereocenters. The summed E-state index contributed by atoms with van der Waals surface area (Å²) in [6, 6.07) is 1.93. The second kappa shape index (κ2) is 8.38. The van der Waals surface area contributed by atoms with E-state index in [1.165, 1.54) is 4.57 Å². The van der Waals surface area contributed by atoms with E-state index in [0.29, 0.717) is 44.9 Å². The Morgan fingerprint density at radius 3 is 2.60 bits per heavy atom. The van der Waals surface area contributed by atoms with Crippen molar-refractivity contribution in [1.29, 1.82) is 0 Å². The Morgan fingerprint density at radius 2 is 1.93 bits per heavy atom. The molecule has 0 aromatic carbocycles. The fourth-order valence-electron chi connectivity index (χ4n) is 4.53. The fourth-order valence-corrected chi connectivity index (χ4v) is 4.53. The summed E-state index contributed by atoms with van der Waals surface area (Å²) in [7, 11) is 1.67. The van der Waals surface area contributed by atoms with Crippen molar-refractivity contribution in [3.8, 4) is 0 Å². The lowest BCUT2D eigenvalue weighted by Crippen LogP contribution is -2.44. The van der Waals surface area contributed by atoms with Crippen molar-refractivity contribution < 1.29 is 9.59 Å². The van der Waals surface area contributed by atoms with Crippen molar-refractivity contribution in [2.24, 2.45) is 7.05 Å². The minimum Gasteiger partial charge on any atom is -0.338 e. The molecule has 0 unspecified atom stereocenters. The van der Waals surface area contributed by atoms with Gasteiger partial charge in [-0.15, -0.1) is 0 Å². The third-order valence-corrected chi connectivity index (χ3v) is 6.24. The molecule has 0 saturated carbocycles. The van der Waals surface area contributed by atoms with Crippen LogP contribution in [0.25, 0.3) is 0 Å². The Labute approximate surface area is 175 Å². The number of piperidine rings is 1. The number of fused-ring (bicyclic) bond motifs is 1. The van der Waals surface area contributed by atoms with Gasteiger partial charge in [-0.2, -0.15) is 0 Å². The number of carbonyl (C=O) groups is 2. The molecule has 2 aromatic rings. The van der Waals surface area contributed by atoms with Gasteiger partial charge in [0.25, 0.3) is 11.5 Å². The molecule has 0 aliphatic carbocycles. The predicted octanol–water partition coefficient (Wildman–Crippen LogP) is 1.49. The summed E-state index contributed by atoms with van der Waals surface area (Å²) in [5.74, 6) is 0.205. The Morgan fingerprint density at radius 1 is 1.17 bits per heavy atom. The largest absolute Gasteiger partial charge is 0.338 e. The predicted molar refractivity (Wildman–Crippen MR) is 111 cm³/mol. The van der Waals surface area contributed by atoms with Crippen LogP contribution in [-0.4, -0.2) is 55.8 Å². The van der Waals surface area contributed by atoms with E-state index < -0.39 is 0 Å². The van der Waals surface area contributed by atoms with Crippen LogP contribution < -0.4 is 5.56 Å². The van der Waals surface area contributed by atoms with E-state index in [1.54, 1.807) is 35.6 Å². The van der Waals surface area contributed by atoms with Gasteiger partial charge in [0, 0.05) is 63.7 Å². The topological polar surface area (TPSA) is 88.4 Å². The van der Waals surface area contributed by atoms with Gasteiger partial charge in [0.2, 0.25) is 5.91 Å². The van der Waals surface area contributed by atoms with E-state index >= 15 is 0 Å². The summed E-state index contributed by atoms with van der Waals surface area (Å²) in [6.07, 6.45) is 7.69. The number of hydrogen-bond donors (Lipinski definition) is 0. The van der Waals surface area contributed by atoms with Gasteiger partial charge in [-0.1, -0.05) is 6.92 Å². The molecular weight excluding hydrogens is 382 g/mol. The SMILES string of the molecule is CCC(=O)N1CCc2c(cn(C)c(=O)c2C(=O)N2CCC(c3ccncn3)CC2)C1. The number of likely N-dealkylation sites (tertiary alicyclic amines) is 1. The second-order valence-corrected chi connectivity index (χ2v) is 8.04. The Kier molecular flexibility index (Phi) is 5.65. The van der Waals surface area contributed by atoms with Gasteiger partial charge < -0.3 is 14.4 Å². The Hall–Kier alpha value is -3.03. The lowest BCUT2D eigenvalue weighted by Gasteiger charge is -2.34. The summed E-state index contributed by atoms with van der Waals surface area (Å²) in [5, 5.41) is 0. The van der Waals surface area contributed by atoms with Gasteiger partial charge in [0.15, 0.2) is 0 Å². The van der Waals surface area contributed by atoms with Crippen LogP contribution in [0, 0.1) is 0 Å². The fraction of sp³-hybridized carbons (Fsp3) is 0.500. The highest BCUT2D eigenvalue weighted by Crippen LogP contribution is 2.28. The zero-order valence-electron chi connectivity index (χ0n) is 17.5.